The molecule has 0 saturated carbocycles. The molecule has 1 aromatic heterocycles. The van der Waals surface area contributed by atoms with Crippen molar-refractivity contribution >= 4 is 11.5 Å². The van der Waals surface area contributed by atoms with Gasteiger partial charge in [0.05, 0.1) is 10.5 Å². The minimum atomic E-state index is -0.742. The van der Waals surface area contributed by atoms with Crippen LogP contribution in [0.5, 0.6) is 0 Å². The van der Waals surface area contributed by atoms with Crippen molar-refractivity contribution in [3.63, 3.8) is 0 Å². The van der Waals surface area contributed by atoms with Crippen LogP contribution in [-0.2, 0) is 6.54 Å². The molecular formula is C13H8F2N4O2. The van der Waals surface area contributed by atoms with Gasteiger partial charge in [-0.3, -0.25) is 10.1 Å². The Morgan fingerprint density at radius 3 is 2.52 bits per heavy atom. The summed E-state index contributed by atoms with van der Waals surface area (Å²) in [6.07, 6.45) is 1.17. The van der Waals surface area contributed by atoms with Gasteiger partial charge in [0.15, 0.2) is 0 Å². The maximum Gasteiger partial charge on any atom is 0.312 e. The molecule has 0 bridgehead atoms. The van der Waals surface area contributed by atoms with Crippen LogP contribution >= 0.6 is 0 Å². The molecule has 8 heteroatoms. The lowest BCUT2D eigenvalue weighted by molar-refractivity contribution is -0.384. The zero-order chi connectivity index (χ0) is 15.4. The maximum atomic E-state index is 13.0. The monoisotopic (exact) mass is 290 g/mol. The van der Waals surface area contributed by atoms with Gasteiger partial charge in [-0.1, -0.05) is 0 Å². The zero-order valence-corrected chi connectivity index (χ0v) is 10.5. The Morgan fingerprint density at radius 1 is 1.29 bits per heavy atom. The van der Waals surface area contributed by atoms with Crippen LogP contribution < -0.4 is 5.32 Å². The van der Waals surface area contributed by atoms with Gasteiger partial charge in [0.2, 0.25) is 5.82 Å². The van der Waals surface area contributed by atoms with E-state index < -0.39 is 16.6 Å². The van der Waals surface area contributed by atoms with Gasteiger partial charge in [0, 0.05) is 24.9 Å². The molecule has 0 radical (unpaired) electrons. The number of rotatable bonds is 4. The number of pyridine rings is 1. The molecule has 0 aliphatic rings. The number of halogens is 2. The predicted octanol–water partition coefficient (Wildman–Crippen LogP) is 2.75. The van der Waals surface area contributed by atoms with E-state index in [0.717, 1.165) is 24.3 Å². The van der Waals surface area contributed by atoms with Gasteiger partial charge in [0.25, 0.3) is 0 Å². The molecule has 2 aromatic rings. The standard InChI is InChI=1S/C13H8F2N4O2/c14-10-1-8(2-11(15)4-10)6-17-13-12(19(20)21)3-9(5-16)7-18-13/h1-4,7H,6H2,(H,17,18). The first-order valence-electron chi connectivity index (χ1n) is 5.73. The van der Waals surface area contributed by atoms with Crippen molar-refractivity contribution in [2.24, 2.45) is 0 Å². The van der Waals surface area contributed by atoms with E-state index in [2.05, 4.69) is 10.3 Å². The second-order valence-corrected chi connectivity index (χ2v) is 4.09. The SMILES string of the molecule is N#Cc1cnc(NCc2cc(F)cc(F)c2)c([N+](=O)[O-])c1. The van der Waals surface area contributed by atoms with E-state index in [4.69, 9.17) is 5.26 Å². The lowest BCUT2D eigenvalue weighted by Gasteiger charge is -2.07. The van der Waals surface area contributed by atoms with E-state index >= 15 is 0 Å². The van der Waals surface area contributed by atoms with Crippen LogP contribution in [0.15, 0.2) is 30.5 Å². The van der Waals surface area contributed by atoms with Gasteiger partial charge in [-0.05, 0) is 17.7 Å². The molecular weight excluding hydrogens is 282 g/mol. The molecule has 6 nitrogen and oxygen atoms in total. The summed E-state index contributed by atoms with van der Waals surface area (Å²) in [5, 5.41) is 22.2. The van der Waals surface area contributed by atoms with Gasteiger partial charge in [-0.25, -0.2) is 13.8 Å². The first-order chi connectivity index (χ1) is 9.99. The maximum absolute atomic E-state index is 13.0. The molecule has 0 unspecified atom stereocenters. The Balaban J connectivity index is 2.23. The minimum absolute atomic E-state index is 0.0454. The number of aromatic nitrogens is 1. The highest BCUT2D eigenvalue weighted by atomic mass is 19.1. The Morgan fingerprint density at radius 2 is 1.95 bits per heavy atom. The van der Waals surface area contributed by atoms with E-state index in [1.54, 1.807) is 6.07 Å². The first-order valence-corrected chi connectivity index (χ1v) is 5.73. The Kier molecular flexibility index (Phi) is 4.04. The van der Waals surface area contributed by atoms with Crippen LogP contribution in [0.3, 0.4) is 0 Å². The third-order valence-corrected chi connectivity index (χ3v) is 2.58. The smallest absolute Gasteiger partial charge is 0.312 e. The Labute approximate surface area is 117 Å². The summed E-state index contributed by atoms with van der Waals surface area (Å²) in [6.45, 7) is -0.0472. The Hall–Kier alpha value is -3.08. The van der Waals surface area contributed by atoms with E-state index in [-0.39, 0.29) is 29.2 Å². The van der Waals surface area contributed by atoms with Crippen molar-refractivity contribution in [2.75, 3.05) is 5.32 Å². The van der Waals surface area contributed by atoms with E-state index in [1.165, 1.54) is 6.20 Å². The average molecular weight is 290 g/mol. The fourth-order valence-corrected chi connectivity index (χ4v) is 1.69. The van der Waals surface area contributed by atoms with E-state index in [0.29, 0.717) is 0 Å². The van der Waals surface area contributed by atoms with Gasteiger partial charge >= 0.3 is 5.69 Å². The molecule has 0 saturated heterocycles. The molecule has 1 heterocycles. The molecule has 0 aliphatic carbocycles. The topological polar surface area (TPSA) is 91.8 Å². The van der Waals surface area contributed by atoms with Crippen LogP contribution in [0.1, 0.15) is 11.1 Å². The molecule has 0 spiro atoms. The highest BCUT2D eigenvalue weighted by Gasteiger charge is 2.16. The quantitative estimate of drug-likeness (QED) is 0.690. The van der Waals surface area contributed by atoms with Crippen molar-refractivity contribution in [3.8, 4) is 6.07 Å². The Bertz CT molecular complexity index is 723. The average Bonchev–Trinajstić information content (AvgIpc) is 2.43. The van der Waals surface area contributed by atoms with Gasteiger partial charge < -0.3 is 5.32 Å². The van der Waals surface area contributed by atoms with Crippen LogP contribution in [0.4, 0.5) is 20.3 Å². The number of nitro groups is 1. The molecule has 0 atom stereocenters. The summed E-state index contributed by atoms with van der Waals surface area (Å²) < 4.78 is 26.1. The summed E-state index contributed by atoms with van der Waals surface area (Å²) in [4.78, 5) is 14.0. The summed E-state index contributed by atoms with van der Waals surface area (Å²) in [7, 11) is 0. The third kappa shape index (κ3) is 3.48. The largest absolute Gasteiger partial charge is 0.360 e. The fourth-order valence-electron chi connectivity index (χ4n) is 1.69. The van der Waals surface area contributed by atoms with Crippen molar-refractivity contribution in [1.29, 1.82) is 5.26 Å². The molecule has 1 aromatic carbocycles. The number of hydrogen-bond acceptors (Lipinski definition) is 5. The van der Waals surface area contributed by atoms with Gasteiger partial charge in [-0.2, -0.15) is 5.26 Å². The van der Waals surface area contributed by atoms with Crippen LogP contribution in [0.25, 0.3) is 0 Å². The summed E-state index contributed by atoms with van der Waals surface area (Å²) in [5.74, 6) is -1.56. The number of nitriles is 1. The van der Waals surface area contributed by atoms with Crippen molar-refractivity contribution in [3.05, 3.63) is 63.3 Å². The van der Waals surface area contributed by atoms with Gasteiger partial charge in [0.1, 0.15) is 17.7 Å². The van der Waals surface area contributed by atoms with Crippen LogP contribution in [0.2, 0.25) is 0 Å². The first kappa shape index (κ1) is 14.3. The summed E-state index contributed by atoms with van der Waals surface area (Å²) >= 11 is 0. The summed E-state index contributed by atoms with van der Waals surface area (Å²) in [5.41, 5.74) is -0.0667. The highest BCUT2D eigenvalue weighted by molar-refractivity contribution is 5.58. The molecule has 1 N–H and O–H groups in total. The number of benzene rings is 1. The zero-order valence-electron chi connectivity index (χ0n) is 10.5. The third-order valence-electron chi connectivity index (χ3n) is 2.58. The normalized spacial score (nSPS) is 9.95. The molecule has 21 heavy (non-hydrogen) atoms. The summed E-state index contributed by atoms with van der Waals surface area (Å²) in [6, 6.07) is 5.75. The number of nitrogens with zero attached hydrogens (tertiary/aromatic N) is 3. The molecule has 0 aliphatic heterocycles. The molecule has 106 valence electrons. The molecule has 0 fully saturated rings. The van der Waals surface area contributed by atoms with Crippen molar-refractivity contribution in [1.82, 2.24) is 4.98 Å². The van der Waals surface area contributed by atoms with Crippen molar-refractivity contribution < 1.29 is 13.7 Å². The predicted molar refractivity (Wildman–Crippen MR) is 69.3 cm³/mol. The molecule has 2 rings (SSSR count). The van der Waals surface area contributed by atoms with Crippen LogP contribution in [-0.4, -0.2) is 9.91 Å². The lowest BCUT2D eigenvalue weighted by Crippen LogP contribution is -2.05. The lowest BCUT2D eigenvalue weighted by atomic mass is 10.2. The minimum Gasteiger partial charge on any atom is -0.360 e. The fraction of sp³-hybridized carbons (Fsp3) is 0.0769. The second kappa shape index (κ2) is 5.92. The van der Waals surface area contributed by atoms with Crippen LogP contribution in [0, 0.1) is 33.1 Å². The highest BCUT2D eigenvalue weighted by Crippen LogP contribution is 2.23. The van der Waals surface area contributed by atoms with E-state index in [1.807, 2.05) is 0 Å². The number of anilines is 1. The number of nitrogens with one attached hydrogen (secondary N) is 1. The van der Waals surface area contributed by atoms with Crippen molar-refractivity contribution in [2.45, 2.75) is 6.54 Å². The second-order valence-electron chi connectivity index (χ2n) is 4.09. The van der Waals surface area contributed by atoms with E-state index in [9.17, 15) is 18.9 Å². The molecule has 0 amide bonds. The van der Waals surface area contributed by atoms with Gasteiger partial charge in [-0.15, -0.1) is 0 Å². The number of hydrogen-bond donors (Lipinski definition) is 1.